The smallest absolute Gasteiger partial charge is 0.220 e. The monoisotopic (exact) mass is 270 g/mol. The second-order valence-corrected chi connectivity index (χ2v) is 4.40. The van der Waals surface area contributed by atoms with E-state index in [2.05, 4.69) is 15.1 Å². The molecule has 0 fully saturated rings. The predicted octanol–water partition coefficient (Wildman–Crippen LogP) is 2.87. The quantitative estimate of drug-likeness (QED) is 0.683. The molecule has 0 saturated heterocycles. The molecular weight excluding hydrogens is 265 g/mol. The number of fused-ring (bicyclic) bond motifs is 1. The van der Waals surface area contributed by atoms with Crippen LogP contribution in [0, 0.1) is 0 Å². The molecule has 3 heterocycles. The number of thiophene rings is 1. The molecule has 18 heavy (non-hydrogen) atoms. The average molecular weight is 270 g/mol. The first kappa shape index (κ1) is 11.1. The number of aromatic nitrogens is 4. The zero-order valence-electron chi connectivity index (χ0n) is 8.72. The van der Waals surface area contributed by atoms with Crippen molar-refractivity contribution in [1.82, 2.24) is 19.6 Å². The fraction of sp³-hybridized carbons (Fsp3) is 0.100. The van der Waals surface area contributed by atoms with Crippen LogP contribution in [0.1, 0.15) is 5.82 Å². The van der Waals surface area contributed by atoms with Crippen LogP contribution in [0.3, 0.4) is 0 Å². The Balaban J connectivity index is 2.25. The van der Waals surface area contributed by atoms with E-state index in [0.717, 1.165) is 9.39 Å². The molecule has 0 bridgehead atoms. The van der Waals surface area contributed by atoms with Crippen molar-refractivity contribution in [2.45, 2.75) is 6.18 Å². The first-order valence-electron chi connectivity index (χ1n) is 4.88. The van der Waals surface area contributed by atoms with Crippen LogP contribution in [0.15, 0.2) is 29.8 Å². The van der Waals surface area contributed by atoms with Gasteiger partial charge in [0.05, 0.1) is 10.6 Å². The summed E-state index contributed by atoms with van der Waals surface area (Å²) in [6, 6.07) is 5.22. The van der Waals surface area contributed by atoms with Crippen LogP contribution >= 0.6 is 11.3 Å². The van der Waals surface area contributed by atoms with E-state index in [9.17, 15) is 13.2 Å². The molecule has 0 aromatic carbocycles. The first-order valence-corrected chi connectivity index (χ1v) is 5.76. The van der Waals surface area contributed by atoms with Crippen LogP contribution in [0.5, 0.6) is 0 Å². The van der Waals surface area contributed by atoms with Gasteiger partial charge in [-0.1, -0.05) is 6.07 Å². The van der Waals surface area contributed by atoms with Crippen molar-refractivity contribution in [1.29, 1.82) is 0 Å². The van der Waals surface area contributed by atoms with Crippen molar-refractivity contribution >= 4 is 17.1 Å². The van der Waals surface area contributed by atoms with Gasteiger partial charge in [0.15, 0.2) is 0 Å². The predicted molar refractivity (Wildman–Crippen MR) is 59.1 cm³/mol. The van der Waals surface area contributed by atoms with E-state index in [4.69, 9.17) is 0 Å². The number of alkyl halides is 3. The number of hydrogen-bond donors (Lipinski definition) is 0. The van der Waals surface area contributed by atoms with Gasteiger partial charge in [-0.2, -0.15) is 22.7 Å². The zero-order chi connectivity index (χ0) is 12.8. The molecule has 0 atom stereocenters. The van der Waals surface area contributed by atoms with E-state index < -0.39 is 12.0 Å². The van der Waals surface area contributed by atoms with Gasteiger partial charge in [-0.15, -0.1) is 16.4 Å². The van der Waals surface area contributed by atoms with Gasteiger partial charge in [0.1, 0.15) is 0 Å². The minimum Gasteiger partial charge on any atom is -0.220 e. The van der Waals surface area contributed by atoms with Crippen LogP contribution in [0.4, 0.5) is 13.2 Å². The summed E-state index contributed by atoms with van der Waals surface area (Å²) >= 11 is 1.41. The third-order valence-electron chi connectivity index (χ3n) is 2.27. The molecule has 3 aromatic rings. The van der Waals surface area contributed by atoms with Crippen LogP contribution in [0.25, 0.3) is 16.3 Å². The van der Waals surface area contributed by atoms with Crippen LogP contribution in [-0.4, -0.2) is 19.6 Å². The summed E-state index contributed by atoms with van der Waals surface area (Å²) in [5.41, 5.74) is 0.540. The number of hydrogen-bond acceptors (Lipinski definition) is 4. The SMILES string of the molecule is FC(F)(F)c1nc2nccc(-c3cccs3)n2n1. The standard InChI is InChI=1S/C10H5F3N4S/c11-10(12,13)8-15-9-14-4-3-6(17(9)16-8)7-2-1-5-18-7/h1-5H. The summed E-state index contributed by atoms with van der Waals surface area (Å²) in [4.78, 5) is 7.96. The fourth-order valence-corrected chi connectivity index (χ4v) is 2.26. The van der Waals surface area contributed by atoms with E-state index in [-0.39, 0.29) is 5.78 Å². The fourth-order valence-electron chi connectivity index (χ4n) is 1.53. The third kappa shape index (κ3) is 1.74. The van der Waals surface area contributed by atoms with E-state index in [1.807, 2.05) is 11.4 Å². The highest BCUT2D eigenvalue weighted by molar-refractivity contribution is 7.13. The van der Waals surface area contributed by atoms with E-state index in [0.29, 0.717) is 5.69 Å². The van der Waals surface area contributed by atoms with Crippen LogP contribution in [0.2, 0.25) is 0 Å². The molecule has 92 valence electrons. The Hall–Kier alpha value is -1.96. The lowest BCUT2D eigenvalue weighted by Crippen LogP contribution is -2.07. The molecule has 0 amide bonds. The molecule has 0 N–H and O–H groups in total. The Morgan fingerprint density at radius 3 is 2.72 bits per heavy atom. The Morgan fingerprint density at radius 2 is 2.06 bits per heavy atom. The summed E-state index contributed by atoms with van der Waals surface area (Å²) in [7, 11) is 0. The highest BCUT2D eigenvalue weighted by atomic mass is 32.1. The molecular formula is C10H5F3N4S. The normalized spacial score (nSPS) is 12.2. The topological polar surface area (TPSA) is 43.1 Å². The molecule has 0 spiro atoms. The van der Waals surface area contributed by atoms with Crippen molar-refractivity contribution < 1.29 is 13.2 Å². The van der Waals surface area contributed by atoms with E-state index >= 15 is 0 Å². The maximum absolute atomic E-state index is 12.5. The second kappa shape index (κ2) is 3.77. The number of halogens is 3. The molecule has 0 unspecified atom stereocenters. The zero-order valence-corrected chi connectivity index (χ0v) is 9.53. The minimum absolute atomic E-state index is 0.0618. The highest BCUT2D eigenvalue weighted by Crippen LogP contribution is 2.28. The largest absolute Gasteiger partial charge is 0.453 e. The van der Waals surface area contributed by atoms with Crippen molar-refractivity contribution in [3.63, 3.8) is 0 Å². The summed E-state index contributed by atoms with van der Waals surface area (Å²) in [6.45, 7) is 0. The molecule has 0 radical (unpaired) electrons. The lowest BCUT2D eigenvalue weighted by molar-refractivity contribution is -0.144. The highest BCUT2D eigenvalue weighted by Gasteiger charge is 2.36. The third-order valence-corrected chi connectivity index (χ3v) is 3.16. The van der Waals surface area contributed by atoms with Crippen molar-refractivity contribution in [3.8, 4) is 10.6 Å². The average Bonchev–Trinajstić information content (AvgIpc) is 2.96. The minimum atomic E-state index is -4.57. The Morgan fingerprint density at radius 1 is 1.22 bits per heavy atom. The second-order valence-electron chi connectivity index (χ2n) is 3.45. The van der Waals surface area contributed by atoms with Crippen LogP contribution in [-0.2, 0) is 6.18 Å². The summed E-state index contributed by atoms with van der Waals surface area (Å²) in [5, 5.41) is 5.30. The van der Waals surface area contributed by atoms with E-state index in [1.54, 1.807) is 12.1 Å². The number of rotatable bonds is 1. The molecule has 0 aliphatic heterocycles. The summed E-state index contributed by atoms with van der Waals surface area (Å²) < 4.78 is 38.7. The van der Waals surface area contributed by atoms with Gasteiger partial charge < -0.3 is 0 Å². The molecule has 0 aliphatic carbocycles. The molecule has 8 heteroatoms. The van der Waals surface area contributed by atoms with Crippen molar-refractivity contribution in [2.24, 2.45) is 0 Å². The summed E-state index contributed by atoms with van der Waals surface area (Å²) in [6.07, 6.45) is -3.15. The van der Waals surface area contributed by atoms with E-state index in [1.165, 1.54) is 17.5 Å². The van der Waals surface area contributed by atoms with Crippen LogP contribution < -0.4 is 0 Å². The lowest BCUT2D eigenvalue weighted by atomic mass is 10.3. The summed E-state index contributed by atoms with van der Waals surface area (Å²) in [5.74, 6) is -1.24. The van der Waals surface area contributed by atoms with Gasteiger partial charge >= 0.3 is 6.18 Å². The maximum atomic E-state index is 12.5. The molecule has 3 aromatic heterocycles. The maximum Gasteiger partial charge on any atom is 0.453 e. The van der Waals surface area contributed by atoms with Crippen molar-refractivity contribution in [3.05, 3.63) is 35.6 Å². The van der Waals surface area contributed by atoms with Gasteiger partial charge in [-0.25, -0.2) is 4.98 Å². The Kier molecular flexibility index (Phi) is 2.34. The van der Waals surface area contributed by atoms with Gasteiger partial charge in [0.2, 0.25) is 0 Å². The molecule has 4 nitrogen and oxygen atoms in total. The van der Waals surface area contributed by atoms with Gasteiger partial charge in [-0.3, -0.25) is 0 Å². The van der Waals surface area contributed by atoms with Crippen molar-refractivity contribution in [2.75, 3.05) is 0 Å². The Bertz CT molecular complexity index is 687. The lowest BCUT2D eigenvalue weighted by Gasteiger charge is -1.99. The number of nitrogens with zero attached hydrogens (tertiary/aromatic N) is 4. The molecule has 3 rings (SSSR count). The van der Waals surface area contributed by atoms with Gasteiger partial charge in [0, 0.05) is 6.20 Å². The van der Waals surface area contributed by atoms with Gasteiger partial charge in [-0.05, 0) is 17.5 Å². The molecule has 0 saturated carbocycles. The molecule has 0 aliphatic rings. The Labute approximate surface area is 103 Å². The van der Waals surface area contributed by atoms with Gasteiger partial charge in [0.25, 0.3) is 11.6 Å². The first-order chi connectivity index (χ1) is 8.55.